The first-order chi connectivity index (χ1) is 8.81. The maximum absolute atomic E-state index is 12.2. The third-order valence-corrected chi connectivity index (χ3v) is 3.17. The predicted molar refractivity (Wildman–Crippen MR) is 74.1 cm³/mol. The van der Waals surface area contributed by atoms with Crippen LogP contribution in [-0.2, 0) is 4.79 Å². The molecule has 2 rings (SSSR count). The zero-order chi connectivity index (χ0) is 12.8. The monoisotopic (exact) mass is 244 g/mol. The van der Waals surface area contributed by atoms with Crippen molar-refractivity contribution < 1.29 is 4.79 Å². The zero-order valence-electron chi connectivity index (χ0n) is 10.8. The lowest BCUT2D eigenvalue weighted by Gasteiger charge is -2.37. The minimum atomic E-state index is 0.118. The summed E-state index contributed by atoms with van der Waals surface area (Å²) in [6, 6.07) is 10.3. The molecule has 0 unspecified atom stereocenters. The van der Waals surface area contributed by atoms with Gasteiger partial charge in [-0.25, -0.2) is 0 Å². The van der Waals surface area contributed by atoms with Crippen molar-refractivity contribution in [2.75, 3.05) is 19.6 Å². The van der Waals surface area contributed by atoms with Crippen LogP contribution in [0.4, 0.5) is 0 Å². The van der Waals surface area contributed by atoms with Crippen molar-refractivity contribution in [1.82, 2.24) is 10.2 Å². The maximum atomic E-state index is 12.2. The summed E-state index contributed by atoms with van der Waals surface area (Å²) >= 11 is 0. The highest BCUT2D eigenvalue weighted by atomic mass is 16.2. The fourth-order valence-electron chi connectivity index (χ4n) is 2.03. The summed E-state index contributed by atoms with van der Waals surface area (Å²) in [6.07, 6.45) is 4.57. The molecule has 96 valence electrons. The summed E-state index contributed by atoms with van der Waals surface area (Å²) < 4.78 is 0. The molecule has 0 spiro atoms. The van der Waals surface area contributed by atoms with Gasteiger partial charge in [-0.05, 0) is 18.1 Å². The standard InChI is InChI=1S/C15H20N2O/c1-2-10-17(14-11-16-12-14)15(18)9-8-13-6-4-3-5-7-13/h3-9,14,16H,2,10-12H2,1H3. The number of nitrogens with zero attached hydrogens (tertiary/aromatic N) is 1. The van der Waals surface area contributed by atoms with Crippen molar-refractivity contribution >= 4 is 12.0 Å². The third-order valence-electron chi connectivity index (χ3n) is 3.17. The Morgan fingerprint density at radius 3 is 2.67 bits per heavy atom. The number of amides is 1. The topological polar surface area (TPSA) is 32.3 Å². The van der Waals surface area contributed by atoms with Crippen molar-refractivity contribution in [1.29, 1.82) is 0 Å². The molecule has 1 amide bonds. The first-order valence-corrected chi connectivity index (χ1v) is 6.55. The van der Waals surface area contributed by atoms with Gasteiger partial charge in [0.2, 0.25) is 5.91 Å². The van der Waals surface area contributed by atoms with E-state index in [2.05, 4.69) is 12.2 Å². The lowest BCUT2D eigenvalue weighted by Crippen LogP contribution is -2.58. The fraction of sp³-hybridized carbons (Fsp3) is 0.400. The second-order valence-electron chi connectivity index (χ2n) is 4.59. The van der Waals surface area contributed by atoms with E-state index in [0.717, 1.165) is 31.6 Å². The molecule has 1 aromatic rings. The van der Waals surface area contributed by atoms with E-state index >= 15 is 0 Å². The molecule has 1 N–H and O–H groups in total. The van der Waals surface area contributed by atoms with Gasteiger partial charge in [-0.1, -0.05) is 37.3 Å². The van der Waals surface area contributed by atoms with Crippen LogP contribution < -0.4 is 5.32 Å². The normalized spacial score (nSPS) is 15.6. The third kappa shape index (κ3) is 3.20. The van der Waals surface area contributed by atoms with Gasteiger partial charge in [0.05, 0.1) is 6.04 Å². The largest absolute Gasteiger partial charge is 0.334 e. The second kappa shape index (κ2) is 6.36. The van der Waals surface area contributed by atoms with Crippen LogP contribution in [-0.4, -0.2) is 36.5 Å². The van der Waals surface area contributed by atoms with Crippen LogP contribution >= 0.6 is 0 Å². The highest BCUT2D eigenvalue weighted by Crippen LogP contribution is 2.08. The molecule has 1 fully saturated rings. The van der Waals surface area contributed by atoms with Gasteiger partial charge in [0.25, 0.3) is 0 Å². The van der Waals surface area contributed by atoms with Gasteiger partial charge < -0.3 is 10.2 Å². The van der Waals surface area contributed by atoms with E-state index in [-0.39, 0.29) is 5.91 Å². The Kier molecular flexibility index (Phi) is 4.53. The van der Waals surface area contributed by atoms with E-state index < -0.39 is 0 Å². The van der Waals surface area contributed by atoms with Gasteiger partial charge >= 0.3 is 0 Å². The van der Waals surface area contributed by atoms with E-state index in [9.17, 15) is 4.79 Å². The second-order valence-corrected chi connectivity index (χ2v) is 4.59. The van der Waals surface area contributed by atoms with E-state index in [1.54, 1.807) is 6.08 Å². The van der Waals surface area contributed by atoms with Gasteiger partial charge in [0.15, 0.2) is 0 Å². The highest BCUT2D eigenvalue weighted by molar-refractivity contribution is 5.92. The summed E-state index contributed by atoms with van der Waals surface area (Å²) in [5.41, 5.74) is 1.06. The van der Waals surface area contributed by atoms with Crippen LogP contribution in [0.3, 0.4) is 0 Å². The summed E-state index contributed by atoms with van der Waals surface area (Å²) in [6.45, 7) is 4.79. The SMILES string of the molecule is CCCN(C(=O)C=Cc1ccccc1)C1CNC1. The summed E-state index contributed by atoms with van der Waals surface area (Å²) in [5, 5.41) is 3.21. The van der Waals surface area contributed by atoms with Crippen LogP contribution in [0.15, 0.2) is 36.4 Å². The number of carbonyl (C=O) groups is 1. The van der Waals surface area contributed by atoms with Gasteiger partial charge in [-0.2, -0.15) is 0 Å². The molecule has 0 saturated carbocycles. The van der Waals surface area contributed by atoms with Crippen molar-refractivity contribution in [3.8, 4) is 0 Å². The Morgan fingerprint density at radius 2 is 2.11 bits per heavy atom. The van der Waals surface area contributed by atoms with Gasteiger partial charge in [0.1, 0.15) is 0 Å². The molecule has 3 nitrogen and oxygen atoms in total. The molecule has 18 heavy (non-hydrogen) atoms. The molecule has 1 heterocycles. The average Bonchev–Trinajstić information content (AvgIpc) is 2.34. The van der Waals surface area contributed by atoms with Gasteiger partial charge in [-0.3, -0.25) is 4.79 Å². The molecular formula is C15H20N2O. The van der Waals surface area contributed by atoms with Crippen LogP contribution in [0.5, 0.6) is 0 Å². The maximum Gasteiger partial charge on any atom is 0.246 e. The summed E-state index contributed by atoms with van der Waals surface area (Å²) in [7, 11) is 0. The number of hydrogen-bond acceptors (Lipinski definition) is 2. The molecular weight excluding hydrogens is 224 g/mol. The molecule has 0 aliphatic carbocycles. The fourth-order valence-corrected chi connectivity index (χ4v) is 2.03. The summed E-state index contributed by atoms with van der Waals surface area (Å²) in [5.74, 6) is 0.118. The van der Waals surface area contributed by atoms with E-state index in [1.807, 2.05) is 41.3 Å². The number of nitrogens with one attached hydrogen (secondary N) is 1. The molecule has 1 aromatic carbocycles. The van der Waals surface area contributed by atoms with Crippen LogP contribution in [0.1, 0.15) is 18.9 Å². The highest BCUT2D eigenvalue weighted by Gasteiger charge is 2.26. The Balaban J connectivity index is 1.98. The Labute approximate surface area is 108 Å². The predicted octanol–water partition coefficient (Wildman–Crippen LogP) is 1.91. The Bertz CT molecular complexity index is 410. The number of benzene rings is 1. The number of rotatable bonds is 5. The molecule has 0 aromatic heterocycles. The van der Waals surface area contributed by atoms with Crippen molar-refractivity contribution in [3.63, 3.8) is 0 Å². The molecule has 3 heteroatoms. The molecule has 0 bridgehead atoms. The van der Waals surface area contributed by atoms with E-state index in [4.69, 9.17) is 0 Å². The smallest absolute Gasteiger partial charge is 0.246 e. The summed E-state index contributed by atoms with van der Waals surface area (Å²) in [4.78, 5) is 14.1. The first kappa shape index (κ1) is 12.8. The minimum absolute atomic E-state index is 0.118. The lowest BCUT2D eigenvalue weighted by molar-refractivity contribution is -0.129. The lowest BCUT2D eigenvalue weighted by atomic mass is 10.1. The number of carbonyl (C=O) groups excluding carboxylic acids is 1. The van der Waals surface area contributed by atoms with Crippen molar-refractivity contribution in [2.24, 2.45) is 0 Å². The van der Waals surface area contributed by atoms with Crippen LogP contribution in [0, 0.1) is 0 Å². The Morgan fingerprint density at radius 1 is 1.39 bits per heavy atom. The van der Waals surface area contributed by atoms with E-state index in [1.165, 1.54) is 0 Å². The van der Waals surface area contributed by atoms with Crippen LogP contribution in [0.25, 0.3) is 6.08 Å². The van der Waals surface area contributed by atoms with Crippen LogP contribution in [0.2, 0.25) is 0 Å². The van der Waals surface area contributed by atoms with Crippen molar-refractivity contribution in [2.45, 2.75) is 19.4 Å². The van der Waals surface area contributed by atoms with E-state index in [0.29, 0.717) is 6.04 Å². The molecule has 0 atom stereocenters. The average molecular weight is 244 g/mol. The molecule has 0 radical (unpaired) electrons. The quantitative estimate of drug-likeness (QED) is 0.802. The minimum Gasteiger partial charge on any atom is -0.334 e. The van der Waals surface area contributed by atoms with Gasteiger partial charge in [0, 0.05) is 25.7 Å². The molecule has 1 aliphatic heterocycles. The number of hydrogen-bond donors (Lipinski definition) is 1. The molecule has 1 aliphatic rings. The Hall–Kier alpha value is -1.61. The van der Waals surface area contributed by atoms with Gasteiger partial charge in [-0.15, -0.1) is 0 Å². The van der Waals surface area contributed by atoms with Crippen molar-refractivity contribution in [3.05, 3.63) is 42.0 Å². The zero-order valence-corrected chi connectivity index (χ0v) is 10.8. The molecule has 1 saturated heterocycles. The first-order valence-electron chi connectivity index (χ1n) is 6.55.